The minimum atomic E-state index is -0.607. The van der Waals surface area contributed by atoms with Crippen LogP contribution < -0.4 is 11.1 Å². The number of nitrogens with two attached hydrogens (primary N) is 1. The summed E-state index contributed by atoms with van der Waals surface area (Å²) in [5, 5.41) is 2.47. The fraction of sp³-hybridized carbons (Fsp3) is 0.667. The van der Waals surface area contributed by atoms with E-state index in [0.717, 1.165) is 0 Å². The molecule has 1 heterocycles. The molecule has 0 unspecified atom stereocenters. The van der Waals surface area contributed by atoms with Gasteiger partial charge in [-0.1, -0.05) is 0 Å². The second-order valence-electron chi connectivity index (χ2n) is 3.66. The molecular weight excluding hydrogens is 198 g/mol. The molecular formula is C9H15N3O3. The van der Waals surface area contributed by atoms with Crippen molar-refractivity contribution < 1.29 is 14.4 Å². The first-order chi connectivity index (χ1) is 6.93. The van der Waals surface area contributed by atoms with E-state index in [1.165, 1.54) is 11.8 Å². The molecule has 0 aliphatic carbocycles. The highest BCUT2D eigenvalue weighted by atomic mass is 16.2. The Kier molecular flexibility index (Phi) is 3.28. The normalized spacial score (nSPS) is 21.5. The molecule has 3 N–H and O–H groups in total. The molecule has 0 aromatic heterocycles. The first-order valence-electron chi connectivity index (χ1n) is 4.80. The van der Waals surface area contributed by atoms with E-state index < -0.39 is 18.0 Å². The van der Waals surface area contributed by atoms with Crippen molar-refractivity contribution in [1.29, 1.82) is 0 Å². The van der Waals surface area contributed by atoms with Crippen molar-refractivity contribution in [3.63, 3.8) is 0 Å². The smallest absolute Gasteiger partial charge is 0.245 e. The SMILES string of the molecule is CC(=O)N[C@@H](C)C(=O)N1CC[C@H]1C(N)=O. The summed E-state index contributed by atoms with van der Waals surface area (Å²) in [7, 11) is 0. The summed E-state index contributed by atoms with van der Waals surface area (Å²) in [6, 6.07) is -1.11. The van der Waals surface area contributed by atoms with E-state index in [0.29, 0.717) is 13.0 Å². The summed E-state index contributed by atoms with van der Waals surface area (Å²) in [5.41, 5.74) is 5.11. The van der Waals surface area contributed by atoms with Crippen molar-refractivity contribution in [2.75, 3.05) is 6.54 Å². The number of carbonyl (C=O) groups is 3. The highest BCUT2D eigenvalue weighted by molar-refractivity contribution is 5.92. The number of hydrogen-bond acceptors (Lipinski definition) is 3. The first-order valence-corrected chi connectivity index (χ1v) is 4.80. The number of nitrogens with zero attached hydrogens (tertiary/aromatic N) is 1. The quantitative estimate of drug-likeness (QED) is 0.603. The van der Waals surface area contributed by atoms with Crippen LogP contribution in [0.4, 0.5) is 0 Å². The molecule has 0 radical (unpaired) electrons. The minimum absolute atomic E-state index is 0.264. The third-order valence-corrected chi connectivity index (χ3v) is 2.42. The molecule has 6 heteroatoms. The van der Waals surface area contributed by atoms with E-state index in [-0.39, 0.29) is 11.8 Å². The van der Waals surface area contributed by atoms with E-state index in [1.54, 1.807) is 6.92 Å². The Morgan fingerprint density at radius 2 is 2.07 bits per heavy atom. The molecule has 6 nitrogen and oxygen atoms in total. The van der Waals surface area contributed by atoms with Crippen LogP contribution in [0.3, 0.4) is 0 Å². The summed E-state index contributed by atoms with van der Waals surface area (Å²) in [6.45, 7) is 3.45. The zero-order valence-electron chi connectivity index (χ0n) is 8.82. The lowest BCUT2D eigenvalue weighted by Gasteiger charge is -2.40. The average Bonchev–Trinajstić information content (AvgIpc) is 1.99. The van der Waals surface area contributed by atoms with Gasteiger partial charge in [0.15, 0.2) is 0 Å². The maximum Gasteiger partial charge on any atom is 0.245 e. The van der Waals surface area contributed by atoms with Gasteiger partial charge in [0.1, 0.15) is 12.1 Å². The third kappa shape index (κ3) is 2.45. The Hall–Kier alpha value is -1.59. The summed E-state index contributed by atoms with van der Waals surface area (Å²) in [6.07, 6.45) is 0.605. The van der Waals surface area contributed by atoms with E-state index in [1.807, 2.05) is 0 Å². The molecule has 0 aromatic carbocycles. The lowest BCUT2D eigenvalue weighted by atomic mass is 10.0. The van der Waals surface area contributed by atoms with Gasteiger partial charge >= 0.3 is 0 Å². The van der Waals surface area contributed by atoms with Gasteiger partial charge < -0.3 is 16.0 Å². The second-order valence-corrected chi connectivity index (χ2v) is 3.66. The zero-order chi connectivity index (χ0) is 11.6. The Bertz CT molecular complexity index is 303. The van der Waals surface area contributed by atoms with E-state index in [2.05, 4.69) is 5.32 Å². The minimum Gasteiger partial charge on any atom is -0.368 e. The molecule has 0 bridgehead atoms. The molecule has 84 valence electrons. The van der Waals surface area contributed by atoms with Crippen molar-refractivity contribution >= 4 is 17.7 Å². The molecule has 0 aromatic rings. The van der Waals surface area contributed by atoms with E-state index in [4.69, 9.17) is 5.73 Å². The predicted molar refractivity (Wildman–Crippen MR) is 52.6 cm³/mol. The Morgan fingerprint density at radius 1 is 1.47 bits per heavy atom. The molecule has 15 heavy (non-hydrogen) atoms. The van der Waals surface area contributed by atoms with E-state index in [9.17, 15) is 14.4 Å². The Morgan fingerprint density at radius 3 is 2.40 bits per heavy atom. The number of nitrogens with one attached hydrogen (secondary N) is 1. The van der Waals surface area contributed by atoms with Crippen LogP contribution in [0.1, 0.15) is 20.3 Å². The van der Waals surface area contributed by atoms with Gasteiger partial charge in [0.2, 0.25) is 17.7 Å². The number of likely N-dealkylation sites (tertiary alicyclic amines) is 1. The lowest BCUT2D eigenvalue weighted by molar-refractivity contribution is -0.148. The van der Waals surface area contributed by atoms with Crippen molar-refractivity contribution in [1.82, 2.24) is 10.2 Å². The topological polar surface area (TPSA) is 92.5 Å². The molecule has 0 spiro atoms. The standard InChI is InChI=1S/C9H15N3O3/c1-5(11-6(2)13)9(15)12-4-3-7(12)8(10)14/h5,7H,3-4H2,1-2H3,(H2,10,14)(H,11,13)/t5-,7-/m0/s1. The van der Waals surface area contributed by atoms with Crippen LogP contribution in [0, 0.1) is 0 Å². The lowest BCUT2D eigenvalue weighted by Crippen LogP contribution is -2.61. The highest BCUT2D eigenvalue weighted by Gasteiger charge is 2.37. The number of carbonyl (C=O) groups excluding carboxylic acids is 3. The molecule has 3 amide bonds. The monoisotopic (exact) mass is 213 g/mol. The van der Waals surface area contributed by atoms with Gasteiger partial charge in [0.25, 0.3) is 0 Å². The fourth-order valence-electron chi connectivity index (χ4n) is 1.56. The van der Waals surface area contributed by atoms with Gasteiger partial charge in [0.05, 0.1) is 0 Å². The third-order valence-electron chi connectivity index (χ3n) is 2.42. The van der Waals surface area contributed by atoms with Gasteiger partial charge in [-0.2, -0.15) is 0 Å². The predicted octanol–water partition coefficient (Wildman–Crippen LogP) is -1.40. The largest absolute Gasteiger partial charge is 0.368 e. The Labute approximate surface area is 87.8 Å². The molecule has 1 fully saturated rings. The zero-order valence-corrected chi connectivity index (χ0v) is 8.82. The van der Waals surface area contributed by atoms with Crippen LogP contribution in [0.25, 0.3) is 0 Å². The molecule has 2 atom stereocenters. The van der Waals surface area contributed by atoms with Gasteiger partial charge in [0, 0.05) is 13.5 Å². The van der Waals surface area contributed by atoms with Gasteiger partial charge in [-0.15, -0.1) is 0 Å². The second kappa shape index (κ2) is 4.29. The van der Waals surface area contributed by atoms with Crippen molar-refractivity contribution in [3.8, 4) is 0 Å². The van der Waals surface area contributed by atoms with Crippen LogP contribution in [0.5, 0.6) is 0 Å². The van der Waals surface area contributed by atoms with Gasteiger partial charge in [-0.25, -0.2) is 0 Å². The first kappa shape index (κ1) is 11.5. The summed E-state index contributed by atoms with van der Waals surface area (Å²) < 4.78 is 0. The van der Waals surface area contributed by atoms with Crippen LogP contribution in [-0.4, -0.2) is 41.2 Å². The van der Waals surface area contributed by atoms with Crippen LogP contribution in [0.15, 0.2) is 0 Å². The van der Waals surface area contributed by atoms with Gasteiger partial charge in [-0.3, -0.25) is 14.4 Å². The number of hydrogen-bond donors (Lipinski definition) is 2. The highest BCUT2D eigenvalue weighted by Crippen LogP contribution is 2.17. The van der Waals surface area contributed by atoms with Crippen LogP contribution >= 0.6 is 0 Å². The molecule has 1 aliphatic heterocycles. The van der Waals surface area contributed by atoms with Crippen molar-refractivity contribution in [2.24, 2.45) is 5.73 Å². The average molecular weight is 213 g/mol. The summed E-state index contributed by atoms with van der Waals surface area (Å²) >= 11 is 0. The van der Waals surface area contributed by atoms with E-state index >= 15 is 0 Å². The van der Waals surface area contributed by atoms with Crippen LogP contribution in [-0.2, 0) is 14.4 Å². The molecule has 1 saturated heterocycles. The van der Waals surface area contributed by atoms with Gasteiger partial charge in [-0.05, 0) is 13.3 Å². The van der Waals surface area contributed by atoms with Crippen LogP contribution in [0.2, 0.25) is 0 Å². The van der Waals surface area contributed by atoms with Crippen molar-refractivity contribution in [2.45, 2.75) is 32.4 Å². The molecule has 0 saturated carbocycles. The fourth-order valence-corrected chi connectivity index (χ4v) is 1.56. The molecule has 1 rings (SSSR count). The maximum atomic E-state index is 11.7. The molecule has 1 aliphatic rings. The number of primary amides is 1. The van der Waals surface area contributed by atoms with Crippen molar-refractivity contribution in [3.05, 3.63) is 0 Å². The summed E-state index contributed by atoms with van der Waals surface area (Å²) in [5.74, 6) is -1.03. The number of amides is 3. The Balaban J connectivity index is 2.53. The summed E-state index contributed by atoms with van der Waals surface area (Å²) in [4.78, 5) is 34.7. The maximum absolute atomic E-state index is 11.7. The number of rotatable bonds is 3.